The molecule has 0 aromatic carbocycles. The Labute approximate surface area is 74.7 Å². The van der Waals surface area contributed by atoms with Gasteiger partial charge in [-0.25, -0.2) is 0 Å². The van der Waals surface area contributed by atoms with E-state index < -0.39 is 11.9 Å². The van der Waals surface area contributed by atoms with Crippen molar-refractivity contribution >= 4 is 0 Å². The largest absolute Gasteiger partial charge is 0.435 e. The summed E-state index contributed by atoms with van der Waals surface area (Å²) in [5.74, 6) is 0. The summed E-state index contributed by atoms with van der Waals surface area (Å²) in [6, 6.07) is 0. The lowest BCUT2D eigenvalue weighted by atomic mass is 10.3. The van der Waals surface area contributed by atoms with Crippen LogP contribution in [0.4, 0.5) is 13.2 Å². The van der Waals surface area contributed by atoms with Gasteiger partial charge >= 0.3 is 6.18 Å². The van der Waals surface area contributed by atoms with Crippen molar-refractivity contribution in [1.29, 1.82) is 0 Å². The first-order chi connectivity index (χ1) is 5.91. The van der Waals surface area contributed by atoms with Crippen LogP contribution in [0.5, 0.6) is 0 Å². The molecule has 5 heteroatoms. The first-order valence-electron chi connectivity index (χ1n) is 3.48. The Balaban J connectivity index is 0.000000671. The molecule has 0 radical (unpaired) electrons. The number of halogens is 3. The molecule has 1 aromatic rings. The summed E-state index contributed by atoms with van der Waals surface area (Å²) in [6.45, 7) is 7.38. The molecule has 0 aliphatic heterocycles. The Hall–Kier alpha value is -1.26. The van der Waals surface area contributed by atoms with Crippen LogP contribution in [-0.4, -0.2) is 9.78 Å². The second-order valence-electron chi connectivity index (χ2n) is 2.33. The highest BCUT2D eigenvalue weighted by Crippen LogP contribution is 2.29. The fourth-order valence-electron chi connectivity index (χ4n) is 0.887. The molecule has 1 aromatic heterocycles. The van der Waals surface area contributed by atoms with Crippen molar-refractivity contribution in [3.8, 4) is 0 Å². The summed E-state index contributed by atoms with van der Waals surface area (Å²) in [6.07, 6.45) is -2.99. The molecule has 0 saturated carbocycles. The third-order valence-electron chi connectivity index (χ3n) is 1.28. The average Bonchev–Trinajstić information content (AvgIpc) is 2.33. The topological polar surface area (TPSA) is 17.8 Å². The molecule has 74 valence electrons. The Morgan fingerprint density at radius 1 is 1.38 bits per heavy atom. The third-order valence-corrected chi connectivity index (χ3v) is 1.28. The Kier molecular flexibility index (Phi) is 3.71. The molecule has 1 rings (SSSR count). The van der Waals surface area contributed by atoms with Gasteiger partial charge in [0.2, 0.25) is 0 Å². The summed E-state index contributed by atoms with van der Waals surface area (Å²) >= 11 is 0. The number of nitrogens with zero attached hydrogens (tertiary/aromatic N) is 2. The van der Waals surface area contributed by atoms with E-state index in [1.165, 1.54) is 20.2 Å². The van der Waals surface area contributed by atoms with Crippen LogP contribution in [0.25, 0.3) is 0 Å². The van der Waals surface area contributed by atoms with E-state index in [1.807, 2.05) is 0 Å². The van der Waals surface area contributed by atoms with Crippen LogP contribution in [0.2, 0.25) is 0 Å². The van der Waals surface area contributed by atoms with E-state index in [-0.39, 0.29) is 5.56 Å². The van der Waals surface area contributed by atoms with Crippen molar-refractivity contribution in [3.05, 3.63) is 30.6 Å². The van der Waals surface area contributed by atoms with Crippen LogP contribution >= 0.6 is 0 Å². The maximum absolute atomic E-state index is 12.0. The molecule has 0 unspecified atom stereocenters. The van der Waals surface area contributed by atoms with Crippen molar-refractivity contribution in [3.63, 3.8) is 0 Å². The van der Waals surface area contributed by atoms with Gasteiger partial charge in [-0.3, -0.25) is 4.68 Å². The highest BCUT2D eigenvalue weighted by molar-refractivity contribution is 5.17. The van der Waals surface area contributed by atoms with Gasteiger partial charge in [-0.15, -0.1) is 13.2 Å². The smallest absolute Gasteiger partial charge is 0.275 e. The summed E-state index contributed by atoms with van der Waals surface area (Å²) in [4.78, 5) is 0. The van der Waals surface area contributed by atoms with Crippen LogP contribution in [0.1, 0.15) is 11.3 Å². The van der Waals surface area contributed by atoms with Crippen molar-refractivity contribution in [2.24, 2.45) is 7.05 Å². The Morgan fingerprint density at radius 2 is 1.85 bits per heavy atom. The van der Waals surface area contributed by atoms with Gasteiger partial charge in [0.05, 0.1) is 0 Å². The molecule has 2 nitrogen and oxygen atoms in total. The lowest BCUT2D eigenvalue weighted by molar-refractivity contribution is -0.141. The van der Waals surface area contributed by atoms with Crippen LogP contribution in [0.3, 0.4) is 0 Å². The van der Waals surface area contributed by atoms with E-state index >= 15 is 0 Å². The van der Waals surface area contributed by atoms with E-state index in [4.69, 9.17) is 0 Å². The fraction of sp³-hybridized carbons (Fsp3) is 0.375. The monoisotopic (exact) mass is 192 g/mol. The molecular formula is C8H11F3N2. The van der Waals surface area contributed by atoms with Crippen molar-refractivity contribution in [2.45, 2.75) is 13.1 Å². The molecule has 0 aliphatic carbocycles. The first kappa shape index (κ1) is 11.7. The first-order valence-corrected chi connectivity index (χ1v) is 3.48. The fourth-order valence-corrected chi connectivity index (χ4v) is 0.887. The summed E-state index contributed by atoms with van der Waals surface area (Å²) < 4.78 is 37.1. The standard InChI is InChI=1S/C6H7F3N2.C2H4/c1-4-3-11(2)10-5(4)6(7,8)9;1-2/h3H,1-2H3;1-2H2. The van der Waals surface area contributed by atoms with Crippen LogP contribution in [-0.2, 0) is 13.2 Å². The highest BCUT2D eigenvalue weighted by atomic mass is 19.4. The lowest BCUT2D eigenvalue weighted by Crippen LogP contribution is -2.08. The number of hydrogen-bond donors (Lipinski definition) is 0. The number of aromatic nitrogens is 2. The molecule has 0 bridgehead atoms. The SMILES string of the molecule is C=C.Cc1cn(C)nc1C(F)(F)F. The number of hydrogen-bond acceptors (Lipinski definition) is 1. The molecule has 1 heterocycles. The van der Waals surface area contributed by atoms with Crippen molar-refractivity contribution < 1.29 is 13.2 Å². The average molecular weight is 192 g/mol. The zero-order valence-corrected chi connectivity index (χ0v) is 7.52. The normalized spacial score (nSPS) is 10.5. The minimum Gasteiger partial charge on any atom is -0.275 e. The minimum atomic E-state index is -4.33. The van der Waals surface area contributed by atoms with Gasteiger partial charge in [-0.1, -0.05) is 0 Å². The van der Waals surface area contributed by atoms with E-state index in [2.05, 4.69) is 18.3 Å². The van der Waals surface area contributed by atoms with Gasteiger partial charge in [0.25, 0.3) is 0 Å². The van der Waals surface area contributed by atoms with Gasteiger partial charge in [-0.2, -0.15) is 18.3 Å². The van der Waals surface area contributed by atoms with Gasteiger partial charge in [-0.05, 0) is 12.5 Å². The lowest BCUT2D eigenvalue weighted by Gasteiger charge is -2.01. The minimum absolute atomic E-state index is 0.153. The molecule has 0 aliphatic rings. The predicted octanol–water partition coefficient (Wildman–Crippen LogP) is 2.55. The molecule has 0 N–H and O–H groups in total. The quantitative estimate of drug-likeness (QED) is 0.577. The Bertz CT molecular complexity index is 275. The summed E-state index contributed by atoms with van der Waals surface area (Å²) in [7, 11) is 1.46. The van der Waals surface area contributed by atoms with Crippen molar-refractivity contribution in [1.82, 2.24) is 9.78 Å². The van der Waals surface area contributed by atoms with E-state index in [1.54, 1.807) is 0 Å². The molecule has 0 fully saturated rings. The Morgan fingerprint density at radius 3 is 2.00 bits per heavy atom. The van der Waals surface area contributed by atoms with Gasteiger partial charge in [0, 0.05) is 13.2 Å². The van der Waals surface area contributed by atoms with Gasteiger partial charge in [0.15, 0.2) is 5.69 Å². The van der Waals surface area contributed by atoms with Gasteiger partial charge in [0.1, 0.15) is 0 Å². The maximum atomic E-state index is 12.0. The van der Waals surface area contributed by atoms with Crippen LogP contribution in [0.15, 0.2) is 19.4 Å². The second kappa shape index (κ2) is 4.11. The van der Waals surface area contributed by atoms with E-state index in [0.29, 0.717) is 0 Å². The molecule has 0 amide bonds. The third kappa shape index (κ3) is 2.93. The molecule has 0 saturated heterocycles. The van der Waals surface area contributed by atoms with E-state index in [9.17, 15) is 13.2 Å². The highest BCUT2D eigenvalue weighted by Gasteiger charge is 2.35. The van der Waals surface area contributed by atoms with E-state index in [0.717, 1.165) is 4.68 Å². The maximum Gasteiger partial charge on any atom is 0.435 e. The van der Waals surface area contributed by atoms with Crippen LogP contribution in [0, 0.1) is 6.92 Å². The zero-order chi connectivity index (χ0) is 10.6. The predicted molar refractivity (Wildman–Crippen MR) is 44.2 cm³/mol. The van der Waals surface area contributed by atoms with Crippen molar-refractivity contribution in [2.75, 3.05) is 0 Å². The zero-order valence-electron chi connectivity index (χ0n) is 7.52. The van der Waals surface area contributed by atoms with Crippen LogP contribution < -0.4 is 0 Å². The molecule has 13 heavy (non-hydrogen) atoms. The number of alkyl halides is 3. The summed E-state index contributed by atoms with van der Waals surface area (Å²) in [5, 5.41) is 3.27. The number of rotatable bonds is 0. The molecule has 0 atom stereocenters. The summed E-state index contributed by atoms with van der Waals surface area (Å²) in [5.41, 5.74) is -0.653. The number of aryl methyl sites for hydroxylation is 2. The van der Waals surface area contributed by atoms with Gasteiger partial charge < -0.3 is 0 Å². The second-order valence-corrected chi connectivity index (χ2v) is 2.33. The molecule has 0 spiro atoms. The molecular weight excluding hydrogens is 181 g/mol.